The standard InChI is InChI=1S/C25H31N3O4S/c1-3-24(29)28-14-6-8-20-17-21(10-11-23(20)28)33(31,32)27-15-12-19(13-16-27)25(30)26-22-9-5-4-7-18(22)2/h4-5,7,9-11,17,19H,3,6,8,12-16H2,1-2H3,(H,26,30). The second-order valence-corrected chi connectivity index (χ2v) is 10.7. The summed E-state index contributed by atoms with van der Waals surface area (Å²) < 4.78 is 28.1. The number of piperidine rings is 1. The minimum Gasteiger partial charge on any atom is -0.326 e. The van der Waals surface area contributed by atoms with Crippen molar-refractivity contribution in [2.45, 2.75) is 50.8 Å². The largest absolute Gasteiger partial charge is 0.326 e. The van der Waals surface area contributed by atoms with E-state index in [2.05, 4.69) is 5.32 Å². The van der Waals surface area contributed by atoms with Crippen LogP contribution in [0.5, 0.6) is 0 Å². The number of para-hydroxylation sites is 1. The van der Waals surface area contributed by atoms with Crippen molar-refractivity contribution in [2.24, 2.45) is 5.92 Å². The summed E-state index contributed by atoms with van der Waals surface area (Å²) in [6, 6.07) is 12.7. The van der Waals surface area contributed by atoms with Crippen molar-refractivity contribution in [2.75, 3.05) is 29.9 Å². The van der Waals surface area contributed by atoms with Crippen molar-refractivity contribution >= 4 is 33.2 Å². The molecular formula is C25H31N3O4S. The van der Waals surface area contributed by atoms with E-state index in [1.165, 1.54) is 4.31 Å². The van der Waals surface area contributed by atoms with Gasteiger partial charge < -0.3 is 10.2 Å². The van der Waals surface area contributed by atoms with Crippen LogP contribution in [0.15, 0.2) is 47.4 Å². The molecule has 0 aliphatic carbocycles. The topological polar surface area (TPSA) is 86.8 Å². The molecule has 2 aromatic carbocycles. The number of carbonyl (C=O) groups excluding carboxylic acids is 2. The van der Waals surface area contributed by atoms with Gasteiger partial charge in [0.2, 0.25) is 21.8 Å². The second-order valence-electron chi connectivity index (χ2n) is 8.78. The summed E-state index contributed by atoms with van der Waals surface area (Å²) in [5, 5.41) is 2.98. The fourth-order valence-electron chi connectivity index (χ4n) is 4.64. The third-order valence-electron chi connectivity index (χ3n) is 6.64. The van der Waals surface area contributed by atoms with Crippen LogP contribution in [0.2, 0.25) is 0 Å². The highest BCUT2D eigenvalue weighted by Gasteiger charge is 2.33. The van der Waals surface area contributed by atoms with E-state index in [1.54, 1.807) is 23.1 Å². The van der Waals surface area contributed by atoms with E-state index in [0.29, 0.717) is 38.9 Å². The molecule has 2 aliphatic rings. The van der Waals surface area contributed by atoms with E-state index < -0.39 is 10.0 Å². The number of hydrogen-bond acceptors (Lipinski definition) is 4. The number of anilines is 2. The highest BCUT2D eigenvalue weighted by molar-refractivity contribution is 7.89. The Hall–Kier alpha value is -2.71. The number of carbonyl (C=O) groups is 2. The molecule has 2 heterocycles. The van der Waals surface area contributed by atoms with Gasteiger partial charge in [-0.25, -0.2) is 8.42 Å². The Kier molecular flexibility index (Phi) is 6.86. The number of aryl methyl sites for hydroxylation is 2. The fourth-order valence-corrected chi connectivity index (χ4v) is 6.16. The Morgan fingerprint density at radius 3 is 2.48 bits per heavy atom. The maximum atomic E-state index is 13.3. The summed E-state index contributed by atoms with van der Waals surface area (Å²) in [6.07, 6.45) is 2.98. The Labute approximate surface area is 195 Å². The molecule has 1 saturated heterocycles. The van der Waals surface area contributed by atoms with Gasteiger partial charge in [0.15, 0.2) is 0 Å². The molecule has 7 nitrogen and oxygen atoms in total. The normalized spacial score (nSPS) is 17.5. The van der Waals surface area contributed by atoms with E-state index in [9.17, 15) is 18.0 Å². The van der Waals surface area contributed by atoms with Crippen LogP contribution in [-0.4, -0.2) is 44.2 Å². The average molecular weight is 470 g/mol. The van der Waals surface area contributed by atoms with Gasteiger partial charge in [-0.3, -0.25) is 9.59 Å². The number of fused-ring (bicyclic) bond motifs is 1. The van der Waals surface area contributed by atoms with Gasteiger partial charge in [0.25, 0.3) is 0 Å². The molecule has 2 aromatic rings. The quantitative estimate of drug-likeness (QED) is 0.723. The van der Waals surface area contributed by atoms with Crippen LogP contribution in [0.1, 0.15) is 43.7 Å². The predicted molar refractivity (Wildman–Crippen MR) is 129 cm³/mol. The number of amides is 2. The average Bonchev–Trinajstić information content (AvgIpc) is 2.84. The summed E-state index contributed by atoms with van der Waals surface area (Å²) in [5.74, 6) is -0.221. The maximum Gasteiger partial charge on any atom is 0.243 e. The van der Waals surface area contributed by atoms with E-state index in [1.807, 2.05) is 38.1 Å². The molecule has 8 heteroatoms. The predicted octanol–water partition coefficient (Wildman–Crippen LogP) is 3.72. The molecule has 1 fully saturated rings. The Morgan fingerprint density at radius 1 is 1.06 bits per heavy atom. The summed E-state index contributed by atoms with van der Waals surface area (Å²) >= 11 is 0. The summed E-state index contributed by atoms with van der Waals surface area (Å²) in [5.41, 5.74) is 3.51. The van der Waals surface area contributed by atoms with Gasteiger partial charge in [-0.05, 0) is 68.0 Å². The van der Waals surface area contributed by atoms with Crippen LogP contribution in [0, 0.1) is 12.8 Å². The molecule has 2 amide bonds. The molecule has 0 radical (unpaired) electrons. The molecule has 176 valence electrons. The lowest BCUT2D eigenvalue weighted by Crippen LogP contribution is -2.41. The van der Waals surface area contributed by atoms with Gasteiger partial charge in [-0.1, -0.05) is 25.1 Å². The second kappa shape index (κ2) is 9.65. The van der Waals surface area contributed by atoms with Crippen LogP contribution >= 0.6 is 0 Å². The Bertz CT molecular complexity index is 1150. The van der Waals surface area contributed by atoms with Crippen LogP contribution in [0.4, 0.5) is 11.4 Å². The van der Waals surface area contributed by atoms with Gasteiger partial charge >= 0.3 is 0 Å². The van der Waals surface area contributed by atoms with Crippen molar-refractivity contribution < 1.29 is 18.0 Å². The highest BCUT2D eigenvalue weighted by Crippen LogP contribution is 2.32. The summed E-state index contributed by atoms with van der Waals surface area (Å²) in [4.78, 5) is 27.0. The van der Waals surface area contributed by atoms with Crippen molar-refractivity contribution in [1.82, 2.24) is 4.31 Å². The zero-order chi connectivity index (χ0) is 23.6. The lowest BCUT2D eigenvalue weighted by atomic mass is 9.97. The fraction of sp³-hybridized carbons (Fsp3) is 0.440. The molecule has 0 saturated carbocycles. The molecule has 0 spiro atoms. The number of rotatable bonds is 5. The molecule has 33 heavy (non-hydrogen) atoms. The SMILES string of the molecule is CCC(=O)N1CCCc2cc(S(=O)(=O)N3CCC(C(=O)Nc4ccccc4C)CC3)ccc21. The van der Waals surface area contributed by atoms with E-state index >= 15 is 0 Å². The number of benzene rings is 2. The first kappa shape index (κ1) is 23.4. The van der Waals surface area contributed by atoms with Crippen LogP contribution < -0.4 is 10.2 Å². The minimum atomic E-state index is -3.66. The summed E-state index contributed by atoms with van der Waals surface area (Å²) in [7, 11) is -3.66. The van der Waals surface area contributed by atoms with Crippen LogP contribution in [0.3, 0.4) is 0 Å². The van der Waals surface area contributed by atoms with Gasteiger partial charge in [-0.2, -0.15) is 4.31 Å². The lowest BCUT2D eigenvalue weighted by Gasteiger charge is -2.32. The van der Waals surface area contributed by atoms with E-state index in [4.69, 9.17) is 0 Å². The monoisotopic (exact) mass is 469 g/mol. The van der Waals surface area contributed by atoms with Gasteiger partial charge in [0.1, 0.15) is 0 Å². The first-order valence-corrected chi connectivity index (χ1v) is 13.0. The molecule has 0 bridgehead atoms. The zero-order valence-corrected chi connectivity index (χ0v) is 20.0. The van der Waals surface area contributed by atoms with Crippen molar-refractivity contribution in [1.29, 1.82) is 0 Å². The Balaban J connectivity index is 1.43. The Morgan fingerprint density at radius 2 is 1.79 bits per heavy atom. The molecule has 4 rings (SSSR count). The van der Waals surface area contributed by atoms with E-state index in [-0.39, 0.29) is 22.6 Å². The number of nitrogens with one attached hydrogen (secondary N) is 1. The van der Waals surface area contributed by atoms with Gasteiger partial charge in [-0.15, -0.1) is 0 Å². The van der Waals surface area contributed by atoms with Gasteiger partial charge in [0.05, 0.1) is 4.90 Å². The first-order chi connectivity index (χ1) is 15.8. The van der Waals surface area contributed by atoms with Gasteiger partial charge in [0, 0.05) is 43.3 Å². The molecule has 1 N–H and O–H groups in total. The molecule has 0 aromatic heterocycles. The molecule has 0 atom stereocenters. The minimum absolute atomic E-state index is 0.0533. The van der Waals surface area contributed by atoms with Crippen molar-refractivity contribution in [3.05, 3.63) is 53.6 Å². The van der Waals surface area contributed by atoms with Crippen LogP contribution in [0.25, 0.3) is 0 Å². The molecule has 2 aliphatic heterocycles. The number of sulfonamides is 1. The molecular weight excluding hydrogens is 438 g/mol. The number of nitrogens with zero attached hydrogens (tertiary/aromatic N) is 2. The van der Waals surface area contributed by atoms with Crippen LogP contribution in [-0.2, 0) is 26.0 Å². The zero-order valence-electron chi connectivity index (χ0n) is 19.2. The lowest BCUT2D eigenvalue weighted by molar-refractivity contribution is -0.121. The molecule has 0 unspecified atom stereocenters. The smallest absolute Gasteiger partial charge is 0.243 e. The number of hydrogen-bond donors (Lipinski definition) is 1. The summed E-state index contributed by atoms with van der Waals surface area (Å²) in [6.45, 7) is 5.07. The third kappa shape index (κ3) is 4.82. The van der Waals surface area contributed by atoms with Crippen molar-refractivity contribution in [3.63, 3.8) is 0 Å². The van der Waals surface area contributed by atoms with E-state index in [0.717, 1.165) is 35.3 Å². The highest BCUT2D eigenvalue weighted by atomic mass is 32.2. The first-order valence-electron chi connectivity index (χ1n) is 11.6. The maximum absolute atomic E-state index is 13.3. The van der Waals surface area contributed by atoms with Crippen molar-refractivity contribution in [3.8, 4) is 0 Å². The third-order valence-corrected chi connectivity index (χ3v) is 8.53.